The van der Waals surface area contributed by atoms with E-state index in [1.165, 1.54) is 31.4 Å². The monoisotopic (exact) mass is 182 g/mol. The maximum Gasteiger partial charge on any atom is 0.0279 e. The van der Waals surface area contributed by atoms with Gasteiger partial charge < -0.3 is 5.43 Å². The molecular formula is C11H22N2. The average Bonchev–Trinajstić information content (AvgIpc) is 2.53. The van der Waals surface area contributed by atoms with E-state index in [0.717, 1.165) is 5.92 Å². The highest BCUT2D eigenvalue weighted by atomic mass is 15.2. The number of allylic oxidation sites excluding steroid dienone is 2. The number of nitrogens with two attached hydrogens (primary N) is 1. The Morgan fingerprint density at radius 3 is 2.77 bits per heavy atom. The predicted octanol–water partition coefficient (Wildman–Crippen LogP) is 2.57. The molecule has 0 amide bonds. The molecular weight excluding hydrogens is 160 g/mol. The summed E-state index contributed by atoms with van der Waals surface area (Å²) in [4.78, 5) is 0. The Bertz CT molecular complexity index is 194. The summed E-state index contributed by atoms with van der Waals surface area (Å²) in [6.07, 6.45) is 5.19. The fourth-order valence-corrected chi connectivity index (χ4v) is 2.35. The summed E-state index contributed by atoms with van der Waals surface area (Å²) in [7, 11) is 0. The Labute approximate surface area is 81.6 Å². The number of hydrogen-bond acceptors (Lipinski definition) is 2. The summed E-state index contributed by atoms with van der Waals surface area (Å²) in [5, 5.41) is 0. The van der Waals surface area contributed by atoms with E-state index in [-0.39, 0.29) is 0 Å². The second-order valence-electron chi connectivity index (χ2n) is 4.24. The normalized spacial score (nSPS) is 26.7. The van der Waals surface area contributed by atoms with Gasteiger partial charge in [-0.05, 0) is 43.1 Å². The van der Waals surface area contributed by atoms with Gasteiger partial charge in [-0.2, -0.15) is 0 Å². The number of rotatable bonds is 3. The molecule has 0 saturated heterocycles. The summed E-state index contributed by atoms with van der Waals surface area (Å²) in [5.74, 6) is 6.88. The molecule has 1 unspecified atom stereocenters. The van der Waals surface area contributed by atoms with Crippen molar-refractivity contribution in [2.45, 2.75) is 46.5 Å². The van der Waals surface area contributed by atoms with Crippen molar-refractivity contribution in [3.8, 4) is 0 Å². The van der Waals surface area contributed by atoms with Gasteiger partial charge in [0.05, 0.1) is 0 Å². The molecule has 0 aromatic carbocycles. The van der Waals surface area contributed by atoms with E-state index in [4.69, 9.17) is 5.84 Å². The van der Waals surface area contributed by atoms with Crippen LogP contribution in [0.15, 0.2) is 11.3 Å². The van der Waals surface area contributed by atoms with E-state index in [2.05, 4.69) is 26.2 Å². The van der Waals surface area contributed by atoms with Gasteiger partial charge in [0.25, 0.3) is 0 Å². The third-order valence-corrected chi connectivity index (χ3v) is 3.06. The van der Waals surface area contributed by atoms with Crippen molar-refractivity contribution in [3.63, 3.8) is 0 Å². The van der Waals surface area contributed by atoms with Gasteiger partial charge in [0.15, 0.2) is 0 Å². The Morgan fingerprint density at radius 2 is 2.31 bits per heavy atom. The summed E-state index contributed by atoms with van der Waals surface area (Å²) >= 11 is 0. The van der Waals surface area contributed by atoms with E-state index in [1.807, 2.05) is 0 Å². The van der Waals surface area contributed by atoms with Crippen LogP contribution in [-0.4, -0.2) is 0 Å². The fourth-order valence-electron chi connectivity index (χ4n) is 2.35. The first-order chi connectivity index (χ1) is 6.20. The molecule has 0 heterocycles. The smallest absolute Gasteiger partial charge is 0.0279 e. The molecule has 0 aromatic rings. The van der Waals surface area contributed by atoms with Crippen molar-refractivity contribution in [1.29, 1.82) is 0 Å². The molecule has 1 rings (SSSR count). The standard InChI is InChI=1S/C11H22N2/c1-4-9-6-5-7-10(9)11(13-12)8(2)3/h8-9,13H,4-7,12H2,1-3H3/b11-10-. The van der Waals surface area contributed by atoms with E-state index in [9.17, 15) is 0 Å². The van der Waals surface area contributed by atoms with Crippen molar-refractivity contribution >= 4 is 0 Å². The van der Waals surface area contributed by atoms with Crippen LogP contribution in [0.2, 0.25) is 0 Å². The highest BCUT2D eigenvalue weighted by Gasteiger charge is 2.23. The van der Waals surface area contributed by atoms with Crippen molar-refractivity contribution in [1.82, 2.24) is 5.43 Å². The lowest BCUT2D eigenvalue weighted by Crippen LogP contribution is -2.26. The van der Waals surface area contributed by atoms with E-state index in [1.54, 1.807) is 5.57 Å². The average molecular weight is 182 g/mol. The van der Waals surface area contributed by atoms with Crippen LogP contribution in [-0.2, 0) is 0 Å². The largest absolute Gasteiger partial charge is 0.328 e. The lowest BCUT2D eigenvalue weighted by Gasteiger charge is -2.18. The maximum atomic E-state index is 5.56. The summed E-state index contributed by atoms with van der Waals surface area (Å²) in [6.45, 7) is 6.67. The lowest BCUT2D eigenvalue weighted by molar-refractivity contribution is 0.572. The van der Waals surface area contributed by atoms with E-state index >= 15 is 0 Å². The van der Waals surface area contributed by atoms with Gasteiger partial charge in [0, 0.05) is 5.70 Å². The zero-order valence-corrected chi connectivity index (χ0v) is 9.06. The molecule has 1 aliphatic rings. The van der Waals surface area contributed by atoms with Gasteiger partial charge in [-0.15, -0.1) is 0 Å². The van der Waals surface area contributed by atoms with Crippen LogP contribution >= 0.6 is 0 Å². The quantitative estimate of drug-likeness (QED) is 0.520. The number of hydrogen-bond donors (Lipinski definition) is 2. The number of hydrazine groups is 1. The molecule has 0 aliphatic heterocycles. The highest BCUT2D eigenvalue weighted by molar-refractivity contribution is 5.19. The van der Waals surface area contributed by atoms with Gasteiger partial charge in [-0.3, -0.25) is 5.84 Å². The summed E-state index contributed by atoms with van der Waals surface area (Å²) < 4.78 is 0. The molecule has 2 nitrogen and oxygen atoms in total. The summed E-state index contributed by atoms with van der Waals surface area (Å²) in [5.41, 5.74) is 5.75. The Balaban J connectivity index is 2.85. The van der Waals surface area contributed by atoms with Crippen molar-refractivity contribution in [2.24, 2.45) is 17.7 Å². The van der Waals surface area contributed by atoms with Crippen LogP contribution in [0.1, 0.15) is 46.5 Å². The molecule has 0 radical (unpaired) electrons. The molecule has 0 aromatic heterocycles. The minimum absolute atomic E-state index is 0.534. The topological polar surface area (TPSA) is 38.0 Å². The van der Waals surface area contributed by atoms with Gasteiger partial charge >= 0.3 is 0 Å². The molecule has 76 valence electrons. The van der Waals surface area contributed by atoms with E-state index in [0.29, 0.717) is 5.92 Å². The van der Waals surface area contributed by atoms with Crippen LogP contribution in [0.3, 0.4) is 0 Å². The van der Waals surface area contributed by atoms with Crippen molar-refractivity contribution < 1.29 is 0 Å². The van der Waals surface area contributed by atoms with Crippen molar-refractivity contribution in [2.75, 3.05) is 0 Å². The molecule has 3 N–H and O–H groups in total. The zero-order chi connectivity index (χ0) is 9.84. The zero-order valence-electron chi connectivity index (χ0n) is 9.06. The first-order valence-corrected chi connectivity index (χ1v) is 5.40. The first-order valence-electron chi connectivity index (χ1n) is 5.40. The van der Waals surface area contributed by atoms with Crippen LogP contribution in [0.4, 0.5) is 0 Å². The molecule has 13 heavy (non-hydrogen) atoms. The molecule has 1 aliphatic carbocycles. The van der Waals surface area contributed by atoms with Crippen LogP contribution in [0.25, 0.3) is 0 Å². The molecule has 1 saturated carbocycles. The third kappa shape index (κ3) is 2.25. The second-order valence-corrected chi connectivity index (χ2v) is 4.24. The fraction of sp³-hybridized carbons (Fsp3) is 0.818. The third-order valence-electron chi connectivity index (χ3n) is 3.06. The summed E-state index contributed by atoms with van der Waals surface area (Å²) in [6, 6.07) is 0. The van der Waals surface area contributed by atoms with Crippen LogP contribution < -0.4 is 11.3 Å². The lowest BCUT2D eigenvalue weighted by atomic mass is 9.94. The Morgan fingerprint density at radius 1 is 1.62 bits per heavy atom. The highest BCUT2D eigenvalue weighted by Crippen LogP contribution is 2.36. The predicted molar refractivity (Wildman–Crippen MR) is 56.8 cm³/mol. The van der Waals surface area contributed by atoms with Gasteiger partial charge in [-0.1, -0.05) is 20.8 Å². The molecule has 1 atom stereocenters. The maximum absolute atomic E-state index is 5.56. The van der Waals surface area contributed by atoms with E-state index < -0.39 is 0 Å². The Kier molecular flexibility index (Phi) is 3.79. The number of nitrogens with one attached hydrogen (secondary N) is 1. The Hall–Kier alpha value is -0.500. The first kappa shape index (κ1) is 10.6. The minimum Gasteiger partial charge on any atom is -0.328 e. The molecule has 0 bridgehead atoms. The van der Waals surface area contributed by atoms with Crippen LogP contribution in [0.5, 0.6) is 0 Å². The molecule has 1 fully saturated rings. The van der Waals surface area contributed by atoms with Gasteiger partial charge in [-0.25, -0.2) is 0 Å². The van der Waals surface area contributed by atoms with Crippen molar-refractivity contribution in [3.05, 3.63) is 11.3 Å². The molecule has 0 spiro atoms. The van der Waals surface area contributed by atoms with Crippen LogP contribution in [0, 0.1) is 11.8 Å². The SMILES string of the molecule is CCC1CCC/C1=C(/NN)C(C)C. The second kappa shape index (κ2) is 4.66. The molecule has 2 heteroatoms. The van der Waals surface area contributed by atoms with Gasteiger partial charge in [0.2, 0.25) is 0 Å². The minimum atomic E-state index is 0.534. The van der Waals surface area contributed by atoms with Gasteiger partial charge in [0.1, 0.15) is 0 Å².